The van der Waals surface area contributed by atoms with Crippen LogP contribution in [0.4, 0.5) is 5.69 Å². The Morgan fingerprint density at radius 3 is 2.31 bits per heavy atom. The van der Waals surface area contributed by atoms with Crippen LogP contribution < -0.4 is 4.52 Å². The van der Waals surface area contributed by atoms with E-state index in [4.69, 9.17) is 9.79 Å². The molecular formula is C8H10NO6P. The van der Waals surface area contributed by atoms with Gasteiger partial charge < -0.3 is 4.52 Å². The van der Waals surface area contributed by atoms with Gasteiger partial charge in [-0.3, -0.25) is 19.9 Å². The smallest absolute Gasteiger partial charge is 0.404 e. The highest BCUT2D eigenvalue weighted by molar-refractivity contribution is 7.46. The lowest BCUT2D eigenvalue weighted by Crippen LogP contribution is -1.98. The first-order valence-corrected chi connectivity index (χ1v) is 5.75. The second-order valence-corrected chi connectivity index (χ2v) is 4.34. The number of nitrogens with zero attached hydrogens (tertiary/aromatic N) is 1. The largest absolute Gasteiger partial charge is 0.524 e. The van der Waals surface area contributed by atoms with Crippen molar-refractivity contribution in [2.45, 2.75) is 13.8 Å². The molecule has 0 saturated heterocycles. The molecule has 0 atom stereocenters. The lowest BCUT2D eigenvalue weighted by molar-refractivity contribution is -0.385. The number of benzene rings is 1. The van der Waals surface area contributed by atoms with E-state index in [1.807, 2.05) is 0 Å². The third kappa shape index (κ3) is 2.79. The van der Waals surface area contributed by atoms with Crippen molar-refractivity contribution in [3.8, 4) is 5.75 Å². The van der Waals surface area contributed by atoms with E-state index in [2.05, 4.69) is 4.52 Å². The van der Waals surface area contributed by atoms with Crippen LogP contribution in [-0.2, 0) is 4.57 Å². The molecule has 0 fully saturated rings. The van der Waals surface area contributed by atoms with Gasteiger partial charge in [-0.1, -0.05) is 0 Å². The fraction of sp³-hybridized carbons (Fsp3) is 0.250. The summed E-state index contributed by atoms with van der Waals surface area (Å²) >= 11 is 0. The van der Waals surface area contributed by atoms with Gasteiger partial charge in [0.25, 0.3) is 5.69 Å². The van der Waals surface area contributed by atoms with Crippen LogP contribution in [-0.4, -0.2) is 14.7 Å². The summed E-state index contributed by atoms with van der Waals surface area (Å²) in [5.41, 5.74) is 0.532. The SMILES string of the molecule is Cc1c(OP(=O)(O)O)ccc([N+](=O)[O-])c1C. The van der Waals surface area contributed by atoms with Crippen LogP contribution in [0.25, 0.3) is 0 Å². The van der Waals surface area contributed by atoms with Crippen LogP contribution in [0, 0.1) is 24.0 Å². The molecular weight excluding hydrogens is 237 g/mol. The van der Waals surface area contributed by atoms with Gasteiger partial charge in [-0.15, -0.1) is 0 Å². The van der Waals surface area contributed by atoms with Crippen LogP contribution >= 0.6 is 7.82 Å². The first kappa shape index (κ1) is 12.6. The van der Waals surface area contributed by atoms with Crippen molar-refractivity contribution in [1.82, 2.24) is 0 Å². The maximum atomic E-state index is 10.6. The molecule has 2 N–H and O–H groups in total. The minimum absolute atomic E-state index is 0.0589. The van der Waals surface area contributed by atoms with Crippen molar-refractivity contribution in [1.29, 1.82) is 0 Å². The number of phosphoric ester groups is 1. The van der Waals surface area contributed by atoms with Crippen molar-refractivity contribution >= 4 is 13.5 Å². The van der Waals surface area contributed by atoms with E-state index in [-0.39, 0.29) is 11.4 Å². The Bertz CT molecular complexity index is 480. The minimum Gasteiger partial charge on any atom is -0.404 e. The van der Waals surface area contributed by atoms with Crippen molar-refractivity contribution < 1.29 is 23.8 Å². The molecule has 0 heterocycles. The number of hydrogen-bond acceptors (Lipinski definition) is 4. The Hall–Kier alpha value is -1.43. The average molecular weight is 247 g/mol. The molecule has 8 heteroatoms. The van der Waals surface area contributed by atoms with Gasteiger partial charge in [0, 0.05) is 17.2 Å². The number of nitro groups is 1. The van der Waals surface area contributed by atoms with Crippen LogP contribution in [0.3, 0.4) is 0 Å². The first-order valence-electron chi connectivity index (χ1n) is 4.22. The fourth-order valence-corrected chi connectivity index (χ4v) is 1.66. The van der Waals surface area contributed by atoms with E-state index in [0.717, 1.165) is 6.07 Å². The quantitative estimate of drug-likeness (QED) is 0.477. The predicted octanol–water partition coefficient (Wildman–Crippen LogP) is 1.68. The van der Waals surface area contributed by atoms with Gasteiger partial charge in [0.05, 0.1) is 4.92 Å². The van der Waals surface area contributed by atoms with Gasteiger partial charge in [0.2, 0.25) is 0 Å². The van der Waals surface area contributed by atoms with Gasteiger partial charge in [-0.05, 0) is 19.9 Å². The fourth-order valence-electron chi connectivity index (χ4n) is 1.21. The molecule has 0 aromatic heterocycles. The molecule has 0 unspecified atom stereocenters. The molecule has 0 spiro atoms. The molecule has 7 nitrogen and oxygen atoms in total. The number of nitro benzene ring substituents is 1. The highest BCUT2D eigenvalue weighted by Crippen LogP contribution is 2.40. The summed E-state index contributed by atoms with van der Waals surface area (Å²) in [5.74, 6) is -0.0589. The molecule has 0 saturated carbocycles. The molecule has 0 amide bonds. The molecule has 1 aromatic rings. The summed E-state index contributed by atoms with van der Waals surface area (Å²) in [5, 5.41) is 10.6. The predicted molar refractivity (Wildman–Crippen MR) is 55.2 cm³/mol. The molecule has 0 bridgehead atoms. The number of rotatable bonds is 3. The van der Waals surface area contributed by atoms with Crippen molar-refractivity contribution in [2.75, 3.05) is 0 Å². The topological polar surface area (TPSA) is 110 Å². The molecule has 0 aliphatic rings. The number of hydrogen-bond donors (Lipinski definition) is 2. The Morgan fingerprint density at radius 1 is 1.31 bits per heavy atom. The van der Waals surface area contributed by atoms with Crippen LogP contribution in [0.5, 0.6) is 5.75 Å². The third-order valence-corrected chi connectivity index (χ3v) is 2.56. The van der Waals surface area contributed by atoms with Crippen molar-refractivity contribution in [2.24, 2.45) is 0 Å². The molecule has 0 aliphatic carbocycles. The van der Waals surface area contributed by atoms with Gasteiger partial charge in [-0.25, -0.2) is 4.57 Å². The zero-order valence-electron chi connectivity index (χ0n) is 8.58. The zero-order chi connectivity index (χ0) is 12.5. The summed E-state index contributed by atoms with van der Waals surface area (Å²) in [4.78, 5) is 27.3. The Kier molecular flexibility index (Phi) is 3.32. The Labute approximate surface area is 91.1 Å². The lowest BCUT2D eigenvalue weighted by Gasteiger charge is -2.11. The zero-order valence-corrected chi connectivity index (χ0v) is 9.47. The molecule has 88 valence electrons. The molecule has 0 radical (unpaired) electrons. The van der Waals surface area contributed by atoms with Crippen LogP contribution in [0.15, 0.2) is 12.1 Å². The first-order chi connectivity index (χ1) is 7.22. The van der Waals surface area contributed by atoms with E-state index in [1.54, 1.807) is 0 Å². The monoisotopic (exact) mass is 247 g/mol. The number of phosphoric acid groups is 1. The average Bonchev–Trinajstić information content (AvgIpc) is 2.10. The highest BCUT2D eigenvalue weighted by Gasteiger charge is 2.21. The van der Waals surface area contributed by atoms with E-state index < -0.39 is 12.7 Å². The van der Waals surface area contributed by atoms with Gasteiger partial charge in [0.15, 0.2) is 0 Å². The van der Waals surface area contributed by atoms with Crippen molar-refractivity contribution in [3.05, 3.63) is 33.4 Å². The normalized spacial score (nSPS) is 11.2. The maximum Gasteiger partial charge on any atom is 0.524 e. The van der Waals surface area contributed by atoms with Gasteiger partial charge in [-0.2, -0.15) is 0 Å². The van der Waals surface area contributed by atoms with E-state index >= 15 is 0 Å². The van der Waals surface area contributed by atoms with E-state index in [0.29, 0.717) is 11.1 Å². The Balaban J connectivity index is 3.22. The van der Waals surface area contributed by atoms with Gasteiger partial charge in [0.1, 0.15) is 5.75 Å². The summed E-state index contributed by atoms with van der Waals surface area (Å²) < 4.78 is 15.0. The molecule has 0 aliphatic heterocycles. The second kappa shape index (κ2) is 4.21. The van der Waals surface area contributed by atoms with Crippen LogP contribution in [0.2, 0.25) is 0 Å². The van der Waals surface area contributed by atoms with E-state index in [1.165, 1.54) is 19.9 Å². The lowest BCUT2D eigenvalue weighted by atomic mass is 10.1. The molecule has 1 rings (SSSR count). The summed E-state index contributed by atoms with van der Waals surface area (Å²) in [6, 6.07) is 2.31. The summed E-state index contributed by atoms with van der Waals surface area (Å²) in [7, 11) is -4.64. The second-order valence-electron chi connectivity index (χ2n) is 3.17. The van der Waals surface area contributed by atoms with Crippen molar-refractivity contribution in [3.63, 3.8) is 0 Å². The summed E-state index contributed by atoms with van der Waals surface area (Å²) in [6.45, 7) is 2.98. The molecule has 1 aromatic carbocycles. The van der Waals surface area contributed by atoms with Crippen LogP contribution in [0.1, 0.15) is 11.1 Å². The minimum atomic E-state index is -4.64. The van der Waals surface area contributed by atoms with E-state index in [9.17, 15) is 14.7 Å². The van der Waals surface area contributed by atoms with Gasteiger partial charge >= 0.3 is 7.82 Å². The maximum absolute atomic E-state index is 10.6. The standard InChI is InChI=1S/C8H10NO6P/c1-5-6(2)8(15-16(12,13)14)4-3-7(5)9(10)11/h3-4H,1-2H3,(H2,12,13,14). The molecule has 16 heavy (non-hydrogen) atoms. The highest BCUT2D eigenvalue weighted by atomic mass is 31.2. The Morgan fingerprint density at radius 2 is 1.88 bits per heavy atom. The summed E-state index contributed by atoms with van der Waals surface area (Å²) in [6.07, 6.45) is 0. The third-order valence-electron chi connectivity index (χ3n) is 2.12.